The van der Waals surface area contributed by atoms with Crippen LogP contribution in [-0.2, 0) is 16.6 Å². The molecule has 1 aliphatic carbocycles. The molecule has 8 nitrogen and oxygen atoms in total. The van der Waals surface area contributed by atoms with Gasteiger partial charge < -0.3 is 22.0 Å². The molecule has 28 heavy (non-hydrogen) atoms. The van der Waals surface area contributed by atoms with Crippen LogP contribution in [0.1, 0.15) is 30.4 Å². The maximum Gasteiger partial charge on any atom is 0.238 e. The molecule has 0 unspecified atom stereocenters. The lowest BCUT2D eigenvalue weighted by molar-refractivity contribution is -0.0314. The van der Waals surface area contributed by atoms with Gasteiger partial charge in [-0.2, -0.15) is 5.10 Å². The van der Waals surface area contributed by atoms with Crippen LogP contribution >= 0.6 is 0 Å². The van der Waals surface area contributed by atoms with Gasteiger partial charge in [0.1, 0.15) is 0 Å². The second-order valence-corrected chi connectivity index (χ2v) is 8.65. The SMILES string of the molecule is N/N=C(\N)c1c(-c2ccc(CNCC3(O)CCC3)cc2)cccc1S(N)(=O)=O. The van der Waals surface area contributed by atoms with Crippen molar-refractivity contribution >= 4 is 15.9 Å². The lowest BCUT2D eigenvalue weighted by Crippen LogP contribution is -2.45. The van der Waals surface area contributed by atoms with E-state index in [1.165, 1.54) is 6.07 Å². The number of amidine groups is 1. The molecule has 3 rings (SSSR count). The number of hydrazone groups is 1. The highest BCUT2D eigenvalue weighted by Crippen LogP contribution is 2.31. The number of sulfonamides is 1. The van der Waals surface area contributed by atoms with Crippen LogP contribution in [0.4, 0.5) is 0 Å². The normalized spacial score (nSPS) is 16.6. The van der Waals surface area contributed by atoms with E-state index in [-0.39, 0.29) is 16.3 Å². The van der Waals surface area contributed by atoms with E-state index in [0.29, 0.717) is 18.7 Å². The Morgan fingerprint density at radius 2 is 1.86 bits per heavy atom. The summed E-state index contributed by atoms with van der Waals surface area (Å²) in [5.74, 6) is 5.18. The second kappa shape index (κ2) is 7.88. The van der Waals surface area contributed by atoms with Crippen molar-refractivity contribution in [2.45, 2.75) is 36.3 Å². The summed E-state index contributed by atoms with van der Waals surface area (Å²) in [6.07, 6.45) is 2.75. The smallest absolute Gasteiger partial charge is 0.238 e. The average Bonchev–Trinajstić information content (AvgIpc) is 2.65. The zero-order valence-corrected chi connectivity index (χ0v) is 16.2. The summed E-state index contributed by atoms with van der Waals surface area (Å²) >= 11 is 0. The van der Waals surface area contributed by atoms with Gasteiger partial charge in [0.2, 0.25) is 10.0 Å². The maximum atomic E-state index is 11.9. The predicted molar refractivity (Wildman–Crippen MR) is 109 cm³/mol. The van der Waals surface area contributed by atoms with Crippen LogP contribution in [0.5, 0.6) is 0 Å². The molecule has 2 aromatic rings. The number of hydrogen-bond acceptors (Lipinski definition) is 6. The summed E-state index contributed by atoms with van der Waals surface area (Å²) in [6.45, 7) is 1.19. The number of hydrogen-bond donors (Lipinski definition) is 5. The molecule has 0 aliphatic heterocycles. The number of nitrogens with two attached hydrogens (primary N) is 3. The van der Waals surface area contributed by atoms with Gasteiger partial charge in [0, 0.05) is 18.7 Å². The average molecular weight is 404 g/mol. The van der Waals surface area contributed by atoms with E-state index in [1.807, 2.05) is 24.3 Å². The molecule has 1 fully saturated rings. The van der Waals surface area contributed by atoms with Crippen molar-refractivity contribution in [2.75, 3.05) is 6.54 Å². The van der Waals surface area contributed by atoms with Gasteiger partial charge in [-0.3, -0.25) is 0 Å². The molecular weight excluding hydrogens is 378 g/mol. The van der Waals surface area contributed by atoms with Gasteiger partial charge in [-0.1, -0.05) is 36.4 Å². The second-order valence-electron chi connectivity index (χ2n) is 7.12. The third-order valence-electron chi connectivity index (χ3n) is 5.06. The first-order chi connectivity index (χ1) is 13.2. The fourth-order valence-corrected chi connectivity index (χ4v) is 4.11. The van der Waals surface area contributed by atoms with Gasteiger partial charge in [-0.15, -0.1) is 0 Å². The third kappa shape index (κ3) is 4.33. The van der Waals surface area contributed by atoms with E-state index in [9.17, 15) is 13.5 Å². The van der Waals surface area contributed by atoms with E-state index >= 15 is 0 Å². The highest BCUT2D eigenvalue weighted by molar-refractivity contribution is 7.89. The summed E-state index contributed by atoms with van der Waals surface area (Å²) in [5, 5.41) is 22.2. The van der Waals surface area contributed by atoms with Gasteiger partial charge in [-0.25, -0.2) is 13.6 Å². The van der Waals surface area contributed by atoms with Crippen molar-refractivity contribution in [1.82, 2.24) is 5.32 Å². The highest BCUT2D eigenvalue weighted by atomic mass is 32.2. The summed E-state index contributed by atoms with van der Waals surface area (Å²) in [5.41, 5.74) is 7.84. The Hall–Kier alpha value is -2.46. The van der Waals surface area contributed by atoms with E-state index in [4.69, 9.17) is 16.7 Å². The Kier molecular flexibility index (Phi) is 5.71. The monoisotopic (exact) mass is 403 g/mol. The van der Waals surface area contributed by atoms with Crippen molar-refractivity contribution in [3.8, 4) is 11.1 Å². The molecule has 0 saturated heterocycles. The molecule has 8 N–H and O–H groups in total. The fraction of sp³-hybridized carbons (Fsp3) is 0.316. The van der Waals surface area contributed by atoms with Crippen molar-refractivity contribution in [1.29, 1.82) is 0 Å². The highest BCUT2D eigenvalue weighted by Gasteiger charge is 2.33. The van der Waals surface area contributed by atoms with Crippen molar-refractivity contribution in [3.63, 3.8) is 0 Å². The Balaban J connectivity index is 1.85. The zero-order valence-electron chi connectivity index (χ0n) is 15.4. The van der Waals surface area contributed by atoms with Crippen molar-refractivity contribution in [3.05, 3.63) is 53.6 Å². The van der Waals surface area contributed by atoms with Gasteiger partial charge in [0.05, 0.1) is 10.5 Å². The number of rotatable bonds is 7. The predicted octanol–water partition coefficient (Wildman–Crippen LogP) is 0.585. The van der Waals surface area contributed by atoms with Crippen LogP contribution in [0.25, 0.3) is 11.1 Å². The molecule has 150 valence electrons. The molecule has 0 radical (unpaired) electrons. The Labute approximate surface area is 164 Å². The first-order valence-electron chi connectivity index (χ1n) is 8.95. The van der Waals surface area contributed by atoms with Crippen LogP contribution in [0.3, 0.4) is 0 Å². The molecule has 0 atom stereocenters. The lowest BCUT2D eigenvalue weighted by Gasteiger charge is -2.36. The Morgan fingerprint density at radius 1 is 1.18 bits per heavy atom. The zero-order chi connectivity index (χ0) is 20.4. The molecule has 0 bridgehead atoms. The number of nitrogens with one attached hydrogen (secondary N) is 1. The minimum absolute atomic E-state index is 0.112. The maximum absolute atomic E-state index is 11.9. The molecule has 2 aromatic carbocycles. The number of aliphatic hydroxyl groups is 1. The van der Waals surface area contributed by atoms with Crippen molar-refractivity contribution < 1.29 is 13.5 Å². The molecule has 1 aliphatic rings. The first-order valence-corrected chi connectivity index (χ1v) is 10.5. The summed E-state index contributed by atoms with van der Waals surface area (Å²) in [4.78, 5) is -0.129. The summed E-state index contributed by atoms with van der Waals surface area (Å²) in [6, 6.07) is 12.3. The number of primary sulfonamides is 1. The van der Waals surface area contributed by atoms with E-state index in [1.54, 1.807) is 12.1 Å². The molecule has 9 heteroatoms. The minimum atomic E-state index is -4.00. The quantitative estimate of drug-likeness (QED) is 0.197. The van der Waals surface area contributed by atoms with Crippen molar-refractivity contribution in [2.24, 2.45) is 21.8 Å². The molecule has 0 heterocycles. The van der Waals surface area contributed by atoms with Gasteiger partial charge in [-0.05, 0) is 42.0 Å². The van der Waals surface area contributed by atoms with Gasteiger partial charge in [0.25, 0.3) is 0 Å². The third-order valence-corrected chi connectivity index (χ3v) is 6.01. The Morgan fingerprint density at radius 3 is 2.39 bits per heavy atom. The molecule has 1 saturated carbocycles. The van der Waals surface area contributed by atoms with E-state index in [2.05, 4.69) is 10.4 Å². The van der Waals surface area contributed by atoms with Crippen LogP contribution in [-0.4, -0.2) is 31.5 Å². The summed E-state index contributed by atoms with van der Waals surface area (Å²) in [7, 11) is -4.00. The standard InChI is InChI=1S/C19H25N5O3S/c20-18(24-21)17-15(3-1-4-16(17)28(22,26)27)14-7-5-13(6-8-14)11-23-12-19(25)9-2-10-19/h1,3-8,23,25H,2,9-12,21H2,(H2,20,24)(H2,22,26,27). The number of nitrogens with zero attached hydrogens (tertiary/aromatic N) is 1. The van der Waals surface area contributed by atoms with Crippen LogP contribution < -0.4 is 22.0 Å². The minimum Gasteiger partial charge on any atom is -0.389 e. The van der Waals surface area contributed by atoms with Gasteiger partial charge >= 0.3 is 0 Å². The fourth-order valence-electron chi connectivity index (χ4n) is 3.34. The lowest BCUT2D eigenvalue weighted by atomic mass is 9.80. The van der Waals surface area contributed by atoms with Crippen LogP contribution in [0.2, 0.25) is 0 Å². The molecule has 0 aromatic heterocycles. The molecule has 0 amide bonds. The summed E-state index contributed by atoms with van der Waals surface area (Å²) < 4.78 is 23.9. The van der Waals surface area contributed by atoms with Crippen LogP contribution in [0, 0.1) is 0 Å². The van der Waals surface area contributed by atoms with Gasteiger partial charge in [0.15, 0.2) is 5.84 Å². The molecule has 0 spiro atoms. The van der Waals surface area contributed by atoms with E-state index in [0.717, 1.165) is 30.4 Å². The largest absolute Gasteiger partial charge is 0.389 e. The first kappa shape index (κ1) is 20.3. The number of benzene rings is 2. The van der Waals surface area contributed by atoms with E-state index < -0.39 is 15.6 Å². The topological polar surface area (TPSA) is 157 Å². The molecular formula is C19H25N5O3S. The van der Waals surface area contributed by atoms with Crippen LogP contribution in [0.15, 0.2) is 52.5 Å². The Bertz CT molecular complexity index is 983.